The quantitative estimate of drug-likeness (QED) is 0.0146. The number of nitrogens with two attached hydrogens (primary N) is 2. The highest BCUT2D eigenvalue weighted by atomic mass is 35.5. The number of hydrogen-bond acceptors (Lipinski definition) is 20. The second-order valence-electron chi connectivity index (χ2n) is 30.0. The van der Waals surface area contributed by atoms with Gasteiger partial charge in [-0.15, -0.1) is 0 Å². The number of carbonyl (C=O) groups excluding carboxylic acids is 6. The number of amides is 1. The molecule has 2 aliphatic rings. The van der Waals surface area contributed by atoms with Crippen molar-refractivity contribution in [2.24, 2.45) is 5.73 Å². The van der Waals surface area contributed by atoms with E-state index in [4.69, 9.17) is 28.2 Å². The van der Waals surface area contributed by atoms with E-state index >= 15 is 0 Å². The third-order valence-electron chi connectivity index (χ3n) is 19.4. The number of sulfonamides is 2. The Balaban J connectivity index is 0.000000221. The predicted molar refractivity (Wildman–Crippen MR) is 466 cm³/mol. The smallest absolute Gasteiger partial charge is 0.450 e. The minimum Gasteiger partial charge on any atom is -0.478 e. The Labute approximate surface area is 752 Å². The molecule has 4 aromatic heterocycles. The maximum absolute atomic E-state index is 14.8. The number of H-pyrrole nitrogens is 1. The fourth-order valence-corrected chi connectivity index (χ4v) is 14.3. The van der Waals surface area contributed by atoms with Crippen LogP contribution in [0.4, 0.5) is 103 Å². The highest BCUT2D eigenvalue weighted by Crippen LogP contribution is 2.40. The first kappa shape index (κ1) is 107. The number of alkyl halides is 15. The zero-order valence-corrected chi connectivity index (χ0v) is 74.2. The summed E-state index contributed by atoms with van der Waals surface area (Å²) in [7, 11) is -7.00. The number of anilines is 5. The van der Waals surface area contributed by atoms with Crippen molar-refractivity contribution < 1.29 is 135 Å². The Bertz CT molecular complexity index is 6510. The van der Waals surface area contributed by atoms with E-state index in [0.717, 1.165) is 68.5 Å². The fraction of sp³-hybridized carbons (Fsp3) is 0.307. The lowest BCUT2D eigenvalue weighted by molar-refractivity contribution is -0.174. The van der Waals surface area contributed by atoms with Crippen LogP contribution in [0.2, 0.25) is 5.02 Å². The third kappa shape index (κ3) is 30.8. The number of fused-ring (bicyclic) bond motifs is 4. The number of carbonyl (C=O) groups is 7. The van der Waals surface area contributed by atoms with E-state index in [1.165, 1.54) is 107 Å². The first-order valence-electron chi connectivity index (χ1n) is 39.4. The van der Waals surface area contributed by atoms with Crippen LogP contribution in [0, 0.1) is 25.5 Å². The summed E-state index contributed by atoms with van der Waals surface area (Å²) in [6.07, 6.45) is -19.0. The summed E-state index contributed by atoms with van der Waals surface area (Å²) in [5, 5.41) is 13.0. The predicted octanol–water partition coefficient (Wildman–Crippen LogP) is 19.6. The normalized spacial score (nSPS) is 13.3. The van der Waals surface area contributed by atoms with Gasteiger partial charge in [-0.1, -0.05) is 11.6 Å². The van der Waals surface area contributed by atoms with Crippen LogP contribution in [0.25, 0.3) is 43.6 Å². The van der Waals surface area contributed by atoms with Gasteiger partial charge in [-0.2, -0.15) is 65.9 Å². The van der Waals surface area contributed by atoms with E-state index in [1.807, 2.05) is 9.80 Å². The van der Waals surface area contributed by atoms with Crippen LogP contribution in [0.15, 0.2) is 150 Å². The Kier molecular flexibility index (Phi) is 35.5. The van der Waals surface area contributed by atoms with Crippen LogP contribution in [0.3, 0.4) is 0 Å². The number of benzene rings is 7. The van der Waals surface area contributed by atoms with E-state index in [0.29, 0.717) is 93.3 Å². The highest BCUT2D eigenvalue weighted by Gasteiger charge is 2.41. The molecule has 0 radical (unpaired) electrons. The van der Waals surface area contributed by atoms with Gasteiger partial charge in [0.25, 0.3) is 5.91 Å². The number of nitrogens with one attached hydrogen (secondary N) is 4. The molecule has 2 fully saturated rings. The van der Waals surface area contributed by atoms with Gasteiger partial charge < -0.3 is 41.4 Å². The highest BCUT2D eigenvalue weighted by molar-refractivity contribution is 7.92. The molecular weight excluding hydrogens is 1860 g/mol. The monoisotopic (exact) mass is 1940 g/mol. The number of Topliss-reactive ketones (excluding diaryl/α,β-unsaturated/α-hetero) is 4. The number of hydrogen-bond donors (Lipinski definition) is 7. The van der Waals surface area contributed by atoms with Gasteiger partial charge in [0.05, 0.1) is 63.7 Å². The lowest BCUT2D eigenvalue weighted by atomic mass is 10.0. The van der Waals surface area contributed by atoms with Gasteiger partial charge in [-0.05, 0) is 232 Å². The van der Waals surface area contributed by atoms with Crippen molar-refractivity contribution in [2.45, 2.75) is 130 Å². The Morgan fingerprint density at radius 3 is 1.31 bits per heavy atom. The van der Waals surface area contributed by atoms with E-state index in [1.54, 1.807) is 58.0 Å². The van der Waals surface area contributed by atoms with Crippen molar-refractivity contribution in [2.75, 3.05) is 70.3 Å². The zero-order chi connectivity index (χ0) is 99.9. The van der Waals surface area contributed by atoms with Gasteiger partial charge in [0, 0.05) is 116 Å². The number of aromatic nitrogens is 4. The molecule has 6 heterocycles. The summed E-state index contributed by atoms with van der Waals surface area (Å²) in [4.78, 5) is 106. The molecule has 1 amide bonds. The molecule has 13 rings (SSSR count). The van der Waals surface area contributed by atoms with Crippen molar-refractivity contribution in [3.63, 3.8) is 0 Å². The Morgan fingerprint density at radius 2 is 0.902 bits per heavy atom. The maximum Gasteiger partial charge on any atom is 0.450 e. The average Bonchev–Trinajstić information content (AvgIpc) is 1.76. The van der Waals surface area contributed by atoms with Crippen LogP contribution < -0.4 is 41.5 Å². The van der Waals surface area contributed by atoms with Crippen LogP contribution >= 0.6 is 11.6 Å². The molecule has 7 aromatic carbocycles. The molecule has 45 heteroatoms. The number of halogens is 18. The molecule has 0 saturated carbocycles. The average molecular weight is 1940 g/mol. The number of nitrogen functional groups attached to an aromatic ring is 1. The summed E-state index contributed by atoms with van der Waals surface area (Å²) in [5.74, 6) is -6.48. The lowest BCUT2D eigenvalue weighted by Crippen LogP contribution is -2.27. The maximum atomic E-state index is 14.8. The van der Waals surface area contributed by atoms with Crippen LogP contribution in [0.1, 0.15) is 183 Å². The van der Waals surface area contributed by atoms with E-state index in [2.05, 4.69) is 39.4 Å². The number of carboxylic acid groups (broad SMARTS) is 1. The summed E-state index contributed by atoms with van der Waals surface area (Å²) in [5.41, 5.74) is 11.6. The van der Waals surface area contributed by atoms with Gasteiger partial charge in [0.15, 0.2) is 22.8 Å². The van der Waals surface area contributed by atoms with Crippen molar-refractivity contribution >= 4 is 145 Å². The summed E-state index contributed by atoms with van der Waals surface area (Å²) < 4.78 is 271. The minimum atomic E-state index is -4.95. The van der Waals surface area contributed by atoms with Crippen molar-refractivity contribution in [1.29, 1.82) is 0 Å². The lowest BCUT2D eigenvalue weighted by Gasteiger charge is -2.22. The van der Waals surface area contributed by atoms with Gasteiger partial charge in [0.2, 0.25) is 25.8 Å². The number of aromatic carboxylic acids is 1. The molecule has 25 nitrogen and oxygen atoms in total. The molecule has 2 aliphatic heterocycles. The number of rotatable bonds is 17. The number of ether oxygens (including phenoxy) is 1. The topological polar surface area (TPSA) is 383 Å². The number of pyridine rings is 4. The number of carboxylic acids is 1. The molecule has 133 heavy (non-hydrogen) atoms. The first-order valence-corrected chi connectivity index (χ1v) is 43.6. The molecule has 2 atom stereocenters. The number of aryl methyl sites for hydroxylation is 2. The van der Waals surface area contributed by atoms with Crippen molar-refractivity contribution in [3.8, 4) is 0 Å². The van der Waals surface area contributed by atoms with Crippen molar-refractivity contribution in [1.82, 2.24) is 25.3 Å². The molecule has 0 spiro atoms. The van der Waals surface area contributed by atoms with Crippen LogP contribution in [-0.2, 0) is 59.1 Å². The van der Waals surface area contributed by atoms with Gasteiger partial charge in [-0.25, -0.2) is 45.4 Å². The summed E-state index contributed by atoms with van der Waals surface area (Å²) in [6.45, 7) is 14.7. The minimum absolute atomic E-state index is 0.0366. The first-order chi connectivity index (χ1) is 61.4. The SMILES string of the molecule is CC(=O)c1ccc(N)cc1.CC(=O)c1ccc2[nH]c(C(F)(F)F)cc(=O)c2c1.CC(=O)c1ccc2nc(C(F)(F)F)cc(Cl)c2c1.CCOC(=O)CC(=O)C(F)(F)F.Cc1cc([C@@H](C)N)c(F)cc1NS(C)(=O)=O.Cc1cc([C@@H](C)NC(=O)c2ccc3nc(C(F)(F)F)cc(N4CCCC4)c3c2)c(F)cc1NS(C)(=O)=O.O=C(O)c1ccc2nc(C(F)(F)F)cc(N3CCCC3)c2c1. The standard InChI is InChI=1S/C25H26F4N4O3S.C15H13F3N2O2.C12H7ClF3NO.C12H8F3NO2.C10H15FN2O2S.C8H9NO.C6H7F3O3/c1-14-10-17(19(26)12-21(14)32-37(3,35)36)15(2)30-24(34)16-6-7-20-18(11-16)22(33-8-4-5-9-33)13-23(31-20)25(27,28)29;16-15(17,18)13-8-12(20-5-1-2-6-20)10-7-9(14(21)22)3-4-11(10)19-13;1-6(18)7-2-3-10-8(4-7)9(13)5-11(17-10)12(14,15)16;1-6(17)7-2-3-9-8(4-7)10(18)5-11(16-9)12(13,14)15;1-6-4-8(7(2)12)9(11)5-10(6)13-16(3,14)15;1-6(10)7-2-4-8(9)5-3-7;1-2-12-5(11)3-4(10)6(7,8)9/h6-7,10-13,15,32H,4-5,8-9H2,1-3H3,(H,30,34);3-4,7-8H,1-2,5-6H2,(H,21,22);2-5H,1H3;2-5H,1H3,(H,16,18);4-5,7,13H,12H2,1-3H3;2-5H,9H2,1H3;2-3H2,1H3/t15-;;;;7-;;/m1...1../s1. The molecule has 2 saturated heterocycles. The molecule has 0 bridgehead atoms. The summed E-state index contributed by atoms with van der Waals surface area (Å²) >= 11 is 5.79. The number of esters is 1. The van der Waals surface area contributed by atoms with E-state index in [9.17, 15) is 130 Å². The number of aromatic amines is 1. The number of ketones is 4. The molecule has 0 aliphatic carbocycles. The molecule has 0 unspecified atom stereocenters. The second-order valence-corrected chi connectivity index (χ2v) is 33.9. The molecule has 714 valence electrons. The summed E-state index contributed by atoms with van der Waals surface area (Å²) in [6, 6.07) is 30.6. The van der Waals surface area contributed by atoms with Crippen molar-refractivity contribution in [3.05, 3.63) is 245 Å². The van der Waals surface area contributed by atoms with Crippen LogP contribution in [0.5, 0.6) is 0 Å². The Morgan fingerprint density at radius 1 is 0.519 bits per heavy atom. The third-order valence-corrected chi connectivity index (χ3v) is 20.9. The zero-order valence-electron chi connectivity index (χ0n) is 71.8. The second kappa shape index (κ2) is 44.0. The van der Waals surface area contributed by atoms with E-state index < -0.39 is 133 Å². The van der Waals surface area contributed by atoms with Crippen LogP contribution in [-0.4, -0.2) is 134 Å². The Hall–Kier alpha value is -13.0. The van der Waals surface area contributed by atoms with Gasteiger partial charge >= 0.3 is 42.8 Å². The molecule has 9 N–H and O–H groups in total. The molecular formula is C88H85ClF17N11O14S2. The largest absolute Gasteiger partial charge is 0.478 e. The molecule has 11 aromatic rings. The fourth-order valence-electron chi connectivity index (χ4n) is 12.8. The van der Waals surface area contributed by atoms with Gasteiger partial charge in [0.1, 0.15) is 40.8 Å². The van der Waals surface area contributed by atoms with E-state index in [-0.39, 0.29) is 90.1 Å². The van der Waals surface area contributed by atoms with Gasteiger partial charge in [-0.3, -0.25) is 43.0 Å². The number of nitrogens with zero attached hydrogens (tertiary/aromatic N) is 5.